The van der Waals surface area contributed by atoms with Crippen LogP contribution < -0.4 is 0 Å². The van der Waals surface area contributed by atoms with Crippen LogP contribution in [-0.2, 0) is 0 Å². The first-order chi connectivity index (χ1) is 9.74. The minimum absolute atomic E-state index is 0.202. The van der Waals surface area contributed by atoms with Gasteiger partial charge in [-0.15, -0.1) is 10.2 Å². The lowest BCUT2D eigenvalue weighted by Gasteiger charge is -2.06. The summed E-state index contributed by atoms with van der Waals surface area (Å²) >= 11 is 0. The SMILES string of the molecule is Cc1ccc([C@H](O)c2nnc(-c3ccccc3)o2)cc1. The van der Waals surface area contributed by atoms with E-state index in [-0.39, 0.29) is 5.89 Å². The first-order valence-electron chi connectivity index (χ1n) is 6.37. The highest BCUT2D eigenvalue weighted by Crippen LogP contribution is 2.24. The van der Waals surface area contributed by atoms with Gasteiger partial charge in [0, 0.05) is 5.56 Å². The zero-order valence-electron chi connectivity index (χ0n) is 11.0. The first-order valence-corrected chi connectivity index (χ1v) is 6.37. The fraction of sp³-hybridized carbons (Fsp3) is 0.125. The maximum atomic E-state index is 10.2. The summed E-state index contributed by atoms with van der Waals surface area (Å²) in [6.07, 6.45) is -0.902. The molecule has 0 aliphatic heterocycles. The van der Waals surface area contributed by atoms with Crippen LogP contribution >= 0.6 is 0 Å². The van der Waals surface area contributed by atoms with E-state index >= 15 is 0 Å². The van der Waals surface area contributed by atoms with Crippen molar-refractivity contribution in [3.05, 3.63) is 71.6 Å². The number of aromatic nitrogens is 2. The summed E-state index contributed by atoms with van der Waals surface area (Å²) in [4.78, 5) is 0. The summed E-state index contributed by atoms with van der Waals surface area (Å²) in [5.74, 6) is 0.611. The number of benzene rings is 2. The van der Waals surface area contributed by atoms with E-state index < -0.39 is 6.10 Å². The number of nitrogens with zero attached hydrogens (tertiary/aromatic N) is 2. The van der Waals surface area contributed by atoms with Crippen LogP contribution in [0.5, 0.6) is 0 Å². The Balaban J connectivity index is 1.88. The lowest BCUT2D eigenvalue weighted by atomic mass is 10.1. The van der Waals surface area contributed by atoms with E-state index in [1.54, 1.807) is 0 Å². The molecule has 3 aromatic rings. The van der Waals surface area contributed by atoms with Gasteiger partial charge in [-0.2, -0.15) is 0 Å². The van der Waals surface area contributed by atoms with Gasteiger partial charge in [-0.1, -0.05) is 48.0 Å². The number of rotatable bonds is 3. The molecule has 0 aliphatic rings. The summed E-state index contributed by atoms with van der Waals surface area (Å²) in [5, 5.41) is 18.1. The third-order valence-corrected chi connectivity index (χ3v) is 3.09. The molecule has 20 heavy (non-hydrogen) atoms. The molecule has 100 valence electrons. The van der Waals surface area contributed by atoms with Crippen LogP contribution in [0.15, 0.2) is 59.0 Å². The molecule has 3 rings (SSSR count). The summed E-state index contributed by atoms with van der Waals surface area (Å²) in [6, 6.07) is 17.1. The van der Waals surface area contributed by atoms with Crippen molar-refractivity contribution in [3.8, 4) is 11.5 Å². The van der Waals surface area contributed by atoms with Crippen LogP contribution in [0.3, 0.4) is 0 Å². The molecular formula is C16H14N2O2. The average Bonchev–Trinajstić information content (AvgIpc) is 2.98. The van der Waals surface area contributed by atoms with Crippen molar-refractivity contribution < 1.29 is 9.52 Å². The highest BCUT2D eigenvalue weighted by molar-refractivity contribution is 5.51. The molecule has 1 aromatic heterocycles. The lowest BCUT2D eigenvalue weighted by molar-refractivity contribution is 0.183. The number of aliphatic hydroxyl groups excluding tert-OH is 1. The molecule has 0 fully saturated rings. The van der Waals surface area contributed by atoms with Crippen molar-refractivity contribution in [2.24, 2.45) is 0 Å². The molecule has 4 nitrogen and oxygen atoms in total. The van der Waals surface area contributed by atoms with Crippen LogP contribution in [0.25, 0.3) is 11.5 Å². The Hall–Kier alpha value is -2.46. The van der Waals surface area contributed by atoms with E-state index in [1.807, 2.05) is 61.5 Å². The number of hydrogen-bond donors (Lipinski definition) is 1. The van der Waals surface area contributed by atoms with Crippen LogP contribution in [0.1, 0.15) is 23.1 Å². The molecule has 1 atom stereocenters. The van der Waals surface area contributed by atoms with E-state index in [0.29, 0.717) is 5.89 Å². The van der Waals surface area contributed by atoms with E-state index in [1.165, 1.54) is 0 Å². The molecule has 0 unspecified atom stereocenters. The Morgan fingerprint density at radius 1 is 0.950 bits per heavy atom. The average molecular weight is 266 g/mol. The highest BCUT2D eigenvalue weighted by atomic mass is 16.4. The predicted octanol–water partition coefficient (Wildman–Crippen LogP) is 3.13. The normalized spacial score (nSPS) is 12.3. The fourth-order valence-electron chi connectivity index (χ4n) is 1.93. The standard InChI is InChI=1S/C16H14N2O2/c1-11-7-9-12(10-8-11)14(19)16-18-17-15(20-16)13-5-3-2-4-6-13/h2-10,14,19H,1H3/t14-/m0/s1. The third kappa shape index (κ3) is 2.46. The molecule has 0 spiro atoms. The van der Waals surface area contributed by atoms with Crippen LogP contribution in [0, 0.1) is 6.92 Å². The highest BCUT2D eigenvalue weighted by Gasteiger charge is 2.18. The van der Waals surface area contributed by atoms with Crippen molar-refractivity contribution >= 4 is 0 Å². The fourth-order valence-corrected chi connectivity index (χ4v) is 1.93. The summed E-state index contributed by atoms with van der Waals surface area (Å²) in [7, 11) is 0. The quantitative estimate of drug-likeness (QED) is 0.791. The number of aryl methyl sites for hydroxylation is 1. The number of hydrogen-bond acceptors (Lipinski definition) is 4. The Labute approximate surface area is 116 Å². The van der Waals surface area contributed by atoms with Gasteiger partial charge < -0.3 is 9.52 Å². The molecule has 4 heteroatoms. The summed E-state index contributed by atoms with van der Waals surface area (Å²) in [6.45, 7) is 2.00. The minimum atomic E-state index is -0.902. The number of aliphatic hydroxyl groups is 1. The molecule has 0 aliphatic carbocycles. The molecule has 2 aromatic carbocycles. The van der Waals surface area contributed by atoms with E-state index in [0.717, 1.165) is 16.7 Å². The van der Waals surface area contributed by atoms with E-state index in [4.69, 9.17) is 4.42 Å². The molecule has 0 saturated heterocycles. The van der Waals surface area contributed by atoms with Gasteiger partial charge in [0.25, 0.3) is 0 Å². The van der Waals surface area contributed by atoms with Gasteiger partial charge in [0.1, 0.15) is 0 Å². The molecule has 0 amide bonds. The Kier molecular flexibility index (Phi) is 3.31. The van der Waals surface area contributed by atoms with Gasteiger partial charge in [-0.3, -0.25) is 0 Å². The van der Waals surface area contributed by atoms with Crippen molar-refractivity contribution in [2.75, 3.05) is 0 Å². The van der Waals surface area contributed by atoms with Gasteiger partial charge in [0.05, 0.1) is 0 Å². The topological polar surface area (TPSA) is 59.2 Å². The maximum absolute atomic E-state index is 10.2. The molecule has 0 bridgehead atoms. The van der Waals surface area contributed by atoms with Crippen molar-refractivity contribution in [1.29, 1.82) is 0 Å². The second-order valence-corrected chi connectivity index (χ2v) is 4.62. The zero-order chi connectivity index (χ0) is 13.9. The molecular weight excluding hydrogens is 252 g/mol. The Morgan fingerprint density at radius 2 is 1.65 bits per heavy atom. The molecule has 0 saturated carbocycles. The van der Waals surface area contributed by atoms with Gasteiger partial charge in [-0.25, -0.2) is 0 Å². The zero-order valence-corrected chi connectivity index (χ0v) is 11.0. The first kappa shape index (κ1) is 12.6. The monoisotopic (exact) mass is 266 g/mol. The van der Waals surface area contributed by atoms with Crippen LogP contribution in [0.4, 0.5) is 0 Å². The third-order valence-electron chi connectivity index (χ3n) is 3.09. The molecule has 1 heterocycles. The second-order valence-electron chi connectivity index (χ2n) is 4.62. The minimum Gasteiger partial charge on any atom is -0.417 e. The summed E-state index contributed by atoms with van der Waals surface area (Å²) < 4.78 is 5.54. The summed E-state index contributed by atoms with van der Waals surface area (Å²) in [5.41, 5.74) is 2.71. The van der Waals surface area contributed by atoms with Crippen LogP contribution in [-0.4, -0.2) is 15.3 Å². The van der Waals surface area contributed by atoms with Gasteiger partial charge >= 0.3 is 0 Å². The largest absolute Gasteiger partial charge is 0.417 e. The van der Waals surface area contributed by atoms with Crippen molar-refractivity contribution in [1.82, 2.24) is 10.2 Å². The Bertz CT molecular complexity index is 690. The molecule has 1 N–H and O–H groups in total. The molecule has 0 radical (unpaired) electrons. The maximum Gasteiger partial charge on any atom is 0.249 e. The van der Waals surface area contributed by atoms with Crippen molar-refractivity contribution in [3.63, 3.8) is 0 Å². The predicted molar refractivity (Wildman–Crippen MR) is 75.0 cm³/mol. The second kappa shape index (κ2) is 5.27. The van der Waals surface area contributed by atoms with Gasteiger partial charge in [-0.05, 0) is 24.6 Å². The van der Waals surface area contributed by atoms with E-state index in [2.05, 4.69) is 10.2 Å². The smallest absolute Gasteiger partial charge is 0.249 e. The Morgan fingerprint density at radius 3 is 2.35 bits per heavy atom. The van der Waals surface area contributed by atoms with Crippen molar-refractivity contribution in [2.45, 2.75) is 13.0 Å². The van der Waals surface area contributed by atoms with Crippen LogP contribution in [0.2, 0.25) is 0 Å². The van der Waals surface area contributed by atoms with Gasteiger partial charge in [0.15, 0.2) is 6.10 Å². The lowest BCUT2D eigenvalue weighted by Crippen LogP contribution is -1.99. The van der Waals surface area contributed by atoms with Gasteiger partial charge in [0.2, 0.25) is 11.8 Å². The van der Waals surface area contributed by atoms with E-state index in [9.17, 15) is 5.11 Å².